The molecule has 0 saturated carbocycles. The summed E-state index contributed by atoms with van der Waals surface area (Å²) in [6, 6.07) is 3.77. The minimum atomic E-state index is -4.77. The Morgan fingerprint density at radius 3 is 1.23 bits per heavy atom. The quantitative estimate of drug-likeness (QED) is 0.314. The predicted molar refractivity (Wildman–Crippen MR) is 84.5 cm³/mol. The van der Waals surface area contributed by atoms with Crippen LogP contribution in [0, 0.1) is 0 Å². The Bertz CT molecular complexity index is 575. The van der Waals surface area contributed by atoms with E-state index >= 15 is 0 Å². The molecule has 1 aromatic carbocycles. The van der Waals surface area contributed by atoms with E-state index in [1.54, 1.807) is 0 Å². The third-order valence-corrected chi connectivity index (χ3v) is 4.04. The molecular formula is C14H10Br2F6O4. The van der Waals surface area contributed by atoms with Gasteiger partial charge in [0.15, 0.2) is 0 Å². The van der Waals surface area contributed by atoms with E-state index in [0.717, 1.165) is 24.3 Å². The van der Waals surface area contributed by atoms with Crippen LogP contribution in [0.3, 0.4) is 0 Å². The maximum atomic E-state index is 12.6. The number of benzene rings is 1. The summed E-state index contributed by atoms with van der Waals surface area (Å²) in [4.78, 5) is 23.4. The number of carbonyl (C=O) groups excluding carboxylic acids is 2. The number of ether oxygens (including phenoxy) is 2. The Morgan fingerprint density at radius 1 is 0.769 bits per heavy atom. The van der Waals surface area contributed by atoms with Gasteiger partial charge in [0.2, 0.25) is 12.2 Å². The third-order valence-electron chi connectivity index (χ3n) is 2.87. The van der Waals surface area contributed by atoms with Crippen LogP contribution in [0.25, 0.3) is 0 Å². The van der Waals surface area contributed by atoms with E-state index in [2.05, 4.69) is 41.3 Å². The second kappa shape index (κ2) is 9.07. The SMILES string of the molecule is O=C(OC(CBr)C(F)(F)F)c1ccc(C(=O)OC(CBr)C(F)(F)F)cc1. The Balaban J connectivity index is 2.82. The number of esters is 2. The lowest BCUT2D eigenvalue weighted by Gasteiger charge is -2.19. The first-order chi connectivity index (χ1) is 11.9. The van der Waals surface area contributed by atoms with Crippen molar-refractivity contribution in [1.82, 2.24) is 0 Å². The predicted octanol–water partition coefficient (Wildman–Crippen LogP) is 4.65. The maximum Gasteiger partial charge on any atom is 0.426 e. The number of rotatable bonds is 6. The molecular weight excluding hydrogens is 506 g/mol. The number of hydrogen-bond acceptors (Lipinski definition) is 4. The monoisotopic (exact) mass is 514 g/mol. The minimum absolute atomic E-state index is 0.315. The molecule has 0 spiro atoms. The van der Waals surface area contributed by atoms with E-state index in [4.69, 9.17) is 0 Å². The Morgan fingerprint density at radius 2 is 1.04 bits per heavy atom. The molecule has 26 heavy (non-hydrogen) atoms. The van der Waals surface area contributed by atoms with Crippen molar-refractivity contribution in [3.8, 4) is 0 Å². The van der Waals surface area contributed by atoms with Gasteiger partial charge in [-0.25, -0.2) is 9.59 Å². The topological polar surface area (TPSA) is 52.6 Å². The van der Waals surface area contributed by atoms with Crippen LogP contribution < -0.4 is 0 Å². The fourth-order valence-electron chi connectivity index (χ4n) is 1.51. The van der Waals surface area contributed by atoms with E-state index in [-0.39, 0.29) is 11.1 Å². The molecule has 4 nitrogen and oxygen atoms in total. The van der Waals surface area contributed by atoms with Crippen molar-refractivity contribution in [2.24, 2.45) is 0 Å². The molecule has 0 amide bonds. The second-order valence-electron chi connectivity index (χ2n) is 4.76. The van der Waals surface area contributed by atoms with E-state index < -0.39 is 47.2 Å². The summed E-state index contributed by atoms with van der Waals surface area (Å²) >= 11 is 5.15. The zero-order valence-electron chi connectivity index (χ0n) is 12.5. The minimum Gasteiger partial charge on any atom is -0.448 e. The average molecular weight is 516 g/mol. The van der Waals surface area contributed by atoms with Gasteiger partial charge in [-0.15, -0.1) is 0 Å². The van der Waals surface area contributed by atoms with Gasteiger partial charge >= 0.3 is 24.3 Å². The molecule has 0 heterocycles. The third kappa shape index (κ3) is 6.45. The van der Waals surface area contributed by atoms with Crippen LogP contribution >= 0.6 is 31.9 Å². The zero-order chi connectivity index (χ0) is 20.1. The Kier molecular flexibility index (Phi) is 7.93. The molecule has 0 bridgehead atoms. The normalized spacial score (nSPS) is 14.5. The first-order valence-electron chi connectivity index (χ1n) is 6.67. The van der Waals surface area contributed by atoms with Crippen LogP contribution in [0.2, 0.25) is 0 Å². The summed E-state index contributed by atoms with van der Waals surface area (Å²) in [6.07, 6.45) is -14.3. The molecule has 0 N–H and O–H groups in total. The van der Waals surface area contributed by atoms with E-state index in [1.165, 1.54) is 0 Å². The van der Waals surface area contributed by atoms with Crippen LogP contribution in [-0.4, -0.2) is 47.2 Å². The van der Waals surface area contributed by atoms with Crippen molar-refractivity contribution in [3.05, 3.63) is 35.4 Å². The van der Waals surface area contributed by atoms with Crippen molar-refractivity contribution < 1.29 is 45.4 Å². The highest BCUT2D eigenvalue weighted by molar-refractivity contribution is 9.09. The zero-order valence-corrected chi connectivity index (χ0v) is 15.7. The van der Waals surface area contributed by atoms with Crippen LogP contribution in [0.5, 0.6) is 0 Å². The van der Waals surface area contributed by atoms with Crippen molar-refractivity contribution in [1.29, 1.82) is 0 Å². The molecule has 0 aromatic heterocycles. The van der Waals surface area contributed by atoms with Crippen LogP contribution in [0.15, 0.2) is 24.3 Å². The lowest BCUT2D eigenvalue weighted by atomic mass is 10.1. The molecule has 0 aliphatic heterocycles. The van der Waals surface area contributed by atoms with Crippen LogP contribution in [-0.2, 0) is 9.47 Å². The number of halogens is 8. The fraction of sp³-hybridized carbons (Fsp3) is 0.429. The molecule has 0 radical (unpaired) electrons. The summed E-state index contributed by atoms with van der Waals surface area (Å²) in [5, 5.41) is -1.34. The van der Waals surface area contributed by atoms with Gasteiger partial charge in [0.25, 0.3) is 0 Å². The molecule has 0 fully saturated rings. The summed E-state index contributed by atoms with van der Waals surface area (Å²) in [5.41, 5.74) is -0.630. The molecule has 1 rings (SSSR count). The van der Waals surface area contributed by atoms with E-state index in [9.17, 15) is 35.9 Å². The Hall–Kier alpha value is -1.30. The molecule has 2 atom stereocenters. The van der Waals surface area contributed by atoms with Gasteiger partial charge in [-0.3, -0.25) is 0 Å². The largest absolute Gasteiger partial charge is 0.448 e. The summed E-state index contributed by atoms with van der Waals surface area (Å²) in [7, 11) is 0. The van der Waals surface area contributed by atoms with E-state index in [1.807, 2.05) is 0 Å². The summed E-state index contributed by atoms with van der Waals surface area (Å²) in [5.74, 6) is -2.61. The van der Waals surface area contributed by atoms with Gasteiger partial charge in [-0.1, -0.05) is 31.9 Å². The van der Waals surface area contributed by atoms with Gasteiger partial charge in [0.05, 0.1) is 11.1 Å². The van der Waals surface area contributed by atoms with Gasteiger partial charge in [-0.2, -0.15) is 26.3 Å². The smallest absolute Gasteiger partial charge is 0.426 e. The van der Waals surface area contributed by atoms with Crippen molar-refractivity contribution in [2.45, 2.75) is 24.6 Å². The van der Waals surface area contributed by atoms with Crippen LogP contribution in [0.1, 0.15) is 20.7 Å². The molecule has 1 aromatic rings. The highest BCUT2D eigenvalue weighted by Crippen LogP contribution is 2.26. The summed E-state index contributed by atoms with van der Waals surface area (Å²) in [6.45, 7) is 0. The highest BCUT2D eigenvalue weighted by atomic mass is 79.9. The van der Waals surface area contributed by atoms with Gasteiger partial charge < -0.3 is 9.47 Å². The molecule has 0 aliphatic carbocycles. The maximum absolute atomic E-state index is 12.6. The van der Waals surface area contributed by atoms with Gasteiger partial charge in [-0.05, 0) is 24.3 Å². The van der Waals surface area contributed by atoms with Gasteiger partial charge in [0, 0.05) is 10.7 Å². The fourth-order valence-corrected chi connectivity index (χ4v) is 2.51. The average Bonchev–Trinajstić information content (AvgIpc) is 2.54. The van der Waals surface area contributed by atoms with E-state index in [0.29, 0.717) is 0 Å². The highest BCUT2D eigenvalue weighted by Gasteiger charge is 2.43. The molecule has 0 saturated heterocycles. The molecule has 146 valence electrons. The molecule has 2 unspecified atom stereocenters. The Labute approximate surface area is 160 Å². The summed E-state index contributed by atoms with van der Waals surface area (Å²) < 4.78 is 83.9. The first kappa shape index (κ1) is 22.7. The lowest BCUT2D eigenvalue weighted by Crippen LogP contribution is -2.35. The van der Waals surface area contributed by atoms with Gasteiger partial charge in [0.1, 0.15) is 0 Å². The molecule has 0 aliphatic rings. The number of carbonyl (C=O) groups is 2. The van der Waals surface area contributed by atoms with Crippen molar-refractivity contribution in [2.75, 3.05) is 10.7 Å². The number of alkyl halides is 8. The molecule has 12 heteroatoms. The first-order valence-corrected chi connectivity index (χ1v) is 8.91. The number of hydrogen-bond donors (Lipinski definition) is 0. The van der Waals surface area contributed by atoms with Crippen molar-refractivity contribution in [3.63, 3.8) is 0 Å². The lowest BCUT2D eigenvalue weighted by molar-refractivity contribution is -0.196. The van der Waals surface area contributed by atoms with Crippen molar-refractivity contribution >= 4 is 43.8 Å². The standard InChI is InChI=1S/C14H10Br2F6O4/c15-5-9(13(17,18)19)25-11(23)7-1-2-8(4-3-7)12(24)26-10(6-16)14(20,21)22/h1-4,9-10H,5-6H2. The second-order valence-corrected chi connectivity index (χ2v) is 6.05. The van der Waals surface area contributed by atoms with Crippen LogP contribution in [0.4, 0.5) is 26.3 Å².